The Hall–Kier alpha value is -1.07. The Morgan fingerprint density at radius 2 is 1.89 bits per heavy atom. The largest absolute Gasteiger partial charge is 0.293 e. The van der Waals surface area contributed by atoms with Crippen LogP contribution in [0.2, 0.25) is 0 Å². The fraction of sp³-hybridized carbons (Fsp3) is 0.750. The van der Waals surface area contributed by atoms with Crippen LogP contribution < -0.4 is 0 Å². The van der Waals surface area contributed by atoms with E-state index in [2.05, 4.69) is 5.10 Å². The number of hydrogen-bond donors (Lipinski definition) is 0. The third-order valence-corrected chi connectivity index (χ3v) is 4.12. The molecular weight excluding hydrogens is 248 g/mol. The van der Waals surface area contributed by atoms with Crippen LogP contribution in [0, 0.1) is 11.8 Å². The molecule has 2 aliphatic carbocycles. The smallest absolute Gasteiger partial charge is 0.260 e. The average Bonchev–Trinajstić information content (AvgIpc) is 2.69. The first-order valence-electron chi connectivity index (χ1n) is 6.07. The van der Waals surface area contributed by atoms with Gasteiger partial charge in [-0.2, -0.15) is 13.9 Å². The summed E-state index contributed by atoms with van der Waals surface area (Å²) in [4.78, 5) is 0. The Labute approximate surface area is 102 Å². The van der Waals surface area contributed by atoms with E-state index in [0.717, 1.165) is 4.68 Å². The highest BCUT2D eigenvalue weighted by Gasteiger charge is 2.71. The van der Waals surface area contributed by atoms with Crippen molar-refractivity contribution in [2.24, 2.45) is 11.8 Å². The number of fused-ring (bicyclic) bond motifs is 3. The predicted octanol–water partition coefficient (Wildman–Crippen LogP) is 3.86. The number of rotatable bonds is 2. The van der Waals surface area contributed by atoms with Crippen LogP contribution in [0.1, 0.15) is 56.1 Å². The molecule has 0 aromatic carbocycles. The van der Waals surface area contributed by atoms with Crippen LogP contribution in [0.25, 0.3) is 0 Å². The SMILES string of the molecule is CC1C2c3c(C(F)F)nn(C(C)C)c3C(F)(F)C12. The topological polar surface area (TPSA) is 17.8 Å². The Bertz CT molecular complexity index is 506. The van der Waals surface area contributed by atoms with Crippen LogP contribution >= 0.6 is 0 Å². The summed E-state index contributed by atoms with van der Waals surface area (Å²) in [5.74, 6) is -4.50. The molecule has 1 heterocycles. The molecule has 100 valence electrons. The molecule has 1 fully saturated rings. The summed E-state index contributed by atoms with van der Waals surface area (Å²) in [6, 6.07) is -0.343. The molecule has 3 atom stereocenters. The lowest BCUT2D eigenvalue weighted by Crippen LogP contribution is -2.22. The standard InChI is InChI=1S/C12H14F4N2/c1-4(2)18-10-7(9(17-18)11(13)14)6-5(3)8(6)12(10,15)16/h4-6,8,11H,1-3H3. The number of halogens is 4. The molecule has 1 aromatic heterocycles. The molecule has 1 saturated carbocycles. The predicted molar refractivity (Wildman–Crippen MR) is 56.9 cm³/mol. The van der Waals surface area contributed by atoms with E-state index in [1.807, 2.05) is 0 Å². The van der Waals surface area contributed by atoms with Gasteiger partial charge in [0.25, 0.3) is 12.3 Å². The maximum atomic E-state index is 14.2. The van der Waals surface area contributed by atoms with Crippen molar-refractivity contribution in [3.8, 4) is 0 Å². The lowest BCUT2D eigenvalue weighted by Gasteiger charge is -2.18. The van der Waals surface area contributed by atoms with Gasteiger partial charge in [-0.1, -0.05) is 6.92 Å². The lowest BCUT2D eigenvalue weighted by atomic mass is 10.1. The molecule has 1 aromatic rings. The second-order valence-corrected chi connectivity index (χ2v) is 5.52. The maximum absolute atomic E-state index is 14.2. The molecule has 0 N–H and O–H groups in total. The number of nitrogens with zero attached hydrogens (tertiary/aromatic N) is 2. The third-order valence-electron chi connectivity index (χ3n) is 4.12. The van der Waals surface area contributed by atoms with Gasteiger partial charge in [-0.3, -0.25) is 4.68 Å². The molecule has 0 saturated heterocycles. The highest BCUT2D eigenvalue weighted by molar-refractivity contribution is 5.47. The van der Waals surface area contributed by atoms with Gasteiger partial charge in [-0.25, -0.2) is 8.78 Å². The summed E-state index contributed by atoms with van der Waals surface area (Å²) in [6.07, 6.45) is -2.79. The van der Waals surface area contributed by atoms with Gasteiger partial charge >= 0.3 is 0 Å². The Morgan fingerprint density at radius 1 is 1.28 bits per heavy atom. The van der Waals surface area contributed by atoms with Crippen molar-refractivity contribution in [3.63, 3.8) is 0 Å². The van der Waals surface area contributed by atoms with Crippen LogP contribution in [0.15, 0.2) is 0 Å². The van der Waals surface area contributed by atoms with Crippen molar-refractivity contribution in [1.29, 1.82) is 0 Å². The van der Waals surface area contributed by atoms with E-state index >= 15 is 0 Å². The molecule has 0 spiro atoms. The minimum absolute atomic E-state index is 0.112. The Morgan fingerprint density at radius 3 is 2.39 bits per heavy atom. The monoisotopic (exact) mass is 262 g/mol. The van der Waals surface area contributed by atoms with Gasteiger partial charge in [0, 0.05) is 23.4 Å². The summed E-state index contributed by atoms with van der Waals surface area (Å²) >= 11 is 0. The molecule has 0 radical (unpaired) electrons. The summed E-state index contributed by atoms with van der Waals surface area (Å²) in [7, 11) is 0. The lowest BCUT2D eigenvalue weighted by molar-refractivity contribution is -0.0367. The molecule has 18 heavy (non-hydrogen) atoms. The van der Waals surface area contributed by atoms with Gasteiger partial charge < -0.3 is 0 Å². The Kier molecular flexibility index (Phi) is 2.18. The van der Waals surface area contributed by atoms with Crippen LogP contribution in [-0.2, 0) is 5.92 Å². The summed E-state index contributed by atoms with van der Waals surface area (Å²) < 4.78 is 55.4. The van der Waals surface area contributed by atoms with Gasteiger partial charge in [0.2, 0.25) is 0 Å². The minimum atomic E-state index is -3.02. The van der Waals surface area contributed by atoms with Crippen molar-refractivity contribution >= 4 is 0 Å². The van der Waals surface area contributed by atoms with Gasteiger partial charge in [-0.15, -0.1) is 0 Å². The van der Waals surface area contributed by atoms with E-state index in [1.165, 1.54) is 0 Å². The second kappa shape index (κ2) is 3.27. The van der Waals surface area contributed by atoms with Crippen LogP contribution in [0.3, 0.4) is 0 Å². The first-order valence-corrected chi connectivity index (χ1v) is 6.07. The van der Waals surface area contributed by atoms with Gasteiger partial charge in [0.15, 0.2) is 0 Å². The first-order chi connectivity index (χ1) is 8.28. The third kappa shape index (κ3) is 1.21. The molecule has 3 rings (SSSR count). The molecule has 0 amide bonds. The first kappa shape index (κ1) is 12.0. The number of hydrogen-bond acceptors (Lipinski definition) is 1. The van der Waals surface area contributed by atoms with Gasteiger partial charge in [-0.05, 0) is 19.8 Å². The van der Waals surface area contributed by atoms with Crippen LogP contribution in [0.5, 0.6) is 0 Å². The summed E-state index contributed by atoms with van der Waals surface area (Å²) in [6.45, 7) is 5.03. The van der Waals surface area contributed by atoms with Gasteiger partial charge in [0.1, 0.15) is 11.4 Å². The molecule has 0 bridgehead atoms. The van der Waals surface area contributed by atoms with Crippen LogP contribution in [0.4, 0.5) is 17.6 Å². The highest BCUT2D eigenvalue weighted by atomic mass is 19.3. The average molecular weight is 262 g/mol. The van der Waals surface area contributed by atoms with Crippen molar-refractivity contribution < 1.29 is 17.6 Å². The molecule has 2 aliphatic rings. The van der Waals surface area contributed by atoms with E-state index in [9.17, 15) is 17.6 Å². The van der Waals surface area contributed by atoms with E-state index < -0.39 is 29.9 Å². The maximum Gasteiger partial charge on any atom is 0.293 e. The summed E-state index contributed by atoms with van der Waals surface area (Å²) in [5.41, 5.74) is -0.614. The van der Waals surface area contributed by atoms with E-state index in [1.54, 1.807) is 20.8 Å². The van der Waals surface area contributed by atoms with Gasteiger partial charge in [0.05, 0.1) is 0 Å². The molecular formula is C12H14F4N2. The highest BCUT2D eigenvalue weighted by Crippen LogP contribution is 2.71. The molecule has 6 heteroatoms. The molecule has 2 nitrogen and oxygen atoms in total. The second-order valence-electron chi connectivity index (χ2n) is 5.52. The van der Waals surface area contributed by atoms with E-state index in [0.29, 0.717) is 0 Å². The number of aromatic nitrogens is 2. The van der Waals surface area contributed by atoms with E-state index in [-0.39, 0.29) is 23.2 Å². The number of alkyl halides is 4. The fourth-order valence-corrected chi connectivity index (χ4v) is 3.28. The summed E-state index contributed by atoms with van der Waals surface area (Å²) in [5, 5.41) is 3.72. The molecule has 3 unspecified atom stereocenters. The van der Waals surface area contributed by atoms with Crippen molar-refractivity contribution in [2.45, 2.75) is 45.1 Å². The zero-order valence-corrected chi connectivity index (χ0v) is 10.3. The van der Waals surface area contributed by atoms with Crippen LogP contribution in [-0.4, -0.2) is 9.78 Å². The van der Waals surface area contributed by atoms with Crippen molar-refractivity contribution in [2.75, 3.05) is 0 Å². The molecule has 0 aliphatic heterocycles. The fourth-order valence-electron chi connectivity index (χ4n) is 3.28. The zero-order chi connectivity index (χ0) is 13.4. The minimum Gasteiger partial charge on any atom is -0.260 e. The normalized spacial score (nSPS) is 31.9. The quantitative estimate of drug-likeness (QED) is 0.740. The van der Waals surface area contributed by atoms with Crippen molar-refractivity contribution in [1.82, 2.24) is 9.78 Å². The Balaban J connectivity index is 2.23. The van der Waals surface area contributed by atoms with E-state index in [4.69, 9.17) is 0 Å². The zero-order valence-electron chi connectivity index (χ0n) is 10.3. The van der Waals surface area contributed by atoms with Crippen molar-refractivity contribution in [3.05, 3.63) is 17.0 Å².